The number of fused-ring (bicyclic) bond motifs is 1. The van der Waals surface area contributed by atoms with Gasteiger partial charge in [0.25, 0.3) is 5.91 Å². The van der Waals surface area contributed by atoms with Gasteiger partial charge in [-0.05, 0) is 29.8 Å². The van der Waals surface area contributed by atoms with Crippen LogP contribution in [0.2, 0.25) is 0 Å². The summed E-state index contributed by atoms with van der Waals surface area (Å²) in [5.74, 6) is -1.24. The Balaban J connectivity index is 2.12. The minimum atomic E-state index is -1.63. The van der Waals surface area contributed by atoms with E-state index in [0.717, 1.165) is 17.7 Å². The molecular weight excluding hydrogens is 353 g/mol. The molecule has 0 N–H and O–H groups in total. The van der Waals surface area contributed by atoms with Crippen molar-refractivity contribution in [3.05, 3.63) is 65.0 Å². The lowest BCUT2D eigenvalue weighted by Crippen LogP contribution is -2.50. The predicted octanol–water partition coefficient (Wildman–Crippen LogP) is 2.45. The highest BCUT2D eigenvalue weighted by Crippen LogP contribution is 2.43. The average molecular weight is 371 g/mol. The number of nitrogens with zero attached hydrogens (tertiary/aromatic N) is 1. The number of amides is 1. The number of carbonyl (C=O) groups excluding carboxylic acids is 3. The first-order chi connectivity index (χ1) is 13.0. The fourth-order valence-corrected chi connectivity index (χ4v) is 3.45. The number of esters is 1. The highest BCUT2D eigenvalue weighted by atomic mass is 19.1. The molecule has 1 aliphatic heterocycles. The summed E-state index contributed by atoms with van der Waals surface area (Å²) in [5, 5.41) is 0. The van der Waals surface area contributed by atoms with Gasteiger partial charge < -0.3 is 19.2 Å². The third-order valence-corrected chi connectivity index (χ3v) is 4.77. The molecule has 2 aromatic carbocycles. The molecule has 0 radical (unpaired) electrons. The van der Waals surface area contributed by atoms with Crippen LogP contribution in [0.4, 0.5) is 4.39 Å². The average Bonchev–Trinajstić information content (AvgIpc) is 2.91. The number of halogens is 1. The van der Waals surface area contributed by atoms with Gasteiger partial charge in [0, 0.05) is 24.1 Å². The Morgan fingerprint density at radius 3 is 2.48 bits per heavy atom. The smallest absolute Gasteiger partial charge is 0.337 e. The molecule has 0 spiro atoms. The SMILES string of the molecule is COC(=O)C1(CC=O)c2ccc(F)cc2C(=O)N1Cc1ccc(OC)cc1. The molecule has 0 fully saturated rings. The minimum absolute atomic E-state index is 0.0437. The van der Waals surface area contributed by atoms with E-state index in [0.29, 0.717) is 12.0 Å². The fourth-order valence-electron chi connectivity index (χ4n) is 3.45. The maximum atomic E-state index is 13.7. The van der Waals surface area contributed by atoms with E-state index in [2.05, 4.69) is 0 Å². The molecule has 1 amide bonds. The Bertz CT molecular complexity index is 896. The maximum Gasteiger partial charge on any atom is 0.337 e. The van der Waals surface area contributed by atoms with Gasteiger partial charge in [0.1, 0.15) is 17.9 Å². The van der Waals surface area contributed by atoms with E-state index in [9.17, 15) is 18.8 Å². The molecule has 1 atom stereocenters. The standard InChI is InChI=1S/C20H18FNO5/c1-26-15-6-3-13(4-7-15)12-22-18(24)16-11-14(21)5-8-17(16)20(22,9-10-23)19(25)27-2/h3-8,10-11H,9,12H2,1-2H3. The van der Waals surface area contributed by atoms with Crippen molar-refractivity contribution in [1.29, 1.82) is 0 Å². The number of aldehydes is 1. The van der Waals surface area contributed by atoms with Crippen molar-refractivity contribution in [3.8, 4) is 5.75 Å². The summed E-state index contributed by atoms with van der Waals surface area (Å²) < 4.78 is 23.8. The van der Waals surface area contributed by atoms with Crippen LogP contribution in [0, 0.1) is 5.82 Å². The van der Waals surface area contributed by atoms with Gasteiger partial charge >= 0.3 is 5.97 Å². The summed E-state index contributed by atoms with van der Waals surface area (Å²) in [4.78, 5) is 38.4. The van der Waals surface area contributed by atoms with Crippen LogP contribution in [0.15, 0.2) is 42.5 Å². The molecule has 2 aromatic rings. The van der Waals surface area contributed by atoms with Crippen molar-refractivity contribution in [1.82, 2.24) is 4.90 Å². The summed E-state index contributed by atoms with van der Waals surface area (Å²) in [5.41, 5.74) is -0.593. The molecule has 140 valence electrons. The van der Waals surface area contributed by atoms with E-state index in [1.807, 2.05) is 0 Å². The maximum absolute atomic E-state index is 13.7. The van der Waals surface area contributed by atoms with Crippen LogP contribution < -0.4 is 4.74 Å². The Kier molecular flexibility index (Phi) is 4.94. The van der Waals surface area contributed by atoms with Crippen LogP contribution in [0.25, 0.3) is 0 Å². The zero-order chi connectivity index (χ0) is 19.6. The van der Waals surface area contributed by atoms with Crippen LogP contribution in [0.1, 0.15) is 27.9 Å². The van der Waals surface area contributed by atoms with Crippen molar-refractivity contribution in [2.45, 2.75) is 18.5 Å². The van der Waals surface area contributed by atoms with Gasteiger partial charge in [-0.15, -0.1) is 0 Å². The van der Waals surface area contributed by atoms with Crippen molar-refractivity contribution in [2.75, 3.05) is 14.2 Å². The van der Waals surface area contributed by atoms with Gasteiger partial charge in [0.15, 0.2) is 5.54 Å². The lowest BCUT2D eigenvalue weighted by molar-refractivity contribution is -0.155. The summed E-state index contributed by atoms with van der Waals surface area (Å²) in [7, 11) is 2.73. The third-order valence-electron chi connectivity index (χ3n) is 4.77. The second kappa shape index (κ2) is 7.19. The molecule has 0 bridgehead atoms. The van der Waals surface area contributed by atoms with Crippen molar-refractivity contribution >= 4 is 18.2 Å². The molecule has 0 aliphatic carbocycles. The molecule has 1 unspecified atom stereocenters. The Labute approximate surface area is 155 Å². The lowest BCUT2D eigenvalue weighted by atomic mass is 9.86. The van der Waals surface area contributed by atoms with Gasteiger partial charge in [-0.3, -0.25) is 4.79 Å². The number of hydrogen-bond acceptors (Lipinski definition) is 5. The summed E-state index contributed by atoms with van der Waals surface area (Å²) in [6, 6.07) is 10.5. The second-order valence-electron chi connectivity index (χ2n) is 6.15. The quantitative estimate of drug-likeness (QED) is 0.576. The third kappa shape index (κ3) is 2.95. The van der Waals surface area contributed by atoms with Crippen molar-refractivity contribution in [2.24, 2.45) is 0 Å². The number of methoxy groups -OCH3 is 2. The second-order valence-corrected chi connectivity index (χ2v) is 6.15. The lowest BCUT2D eigenvalue weighted by Gasteiger charge is -2.35. The van der Waals surface area contributed by atoms with E-state index in [1.165, 1.54) is 25.2 Å². The Morgan fingerprint density at radius 2 is 1.89 bits per heavy atom. The van der Waals surface area contributed by atoms with Crippen LogP contribution in [-0.4, -0.2) is 37.3 Å². The molecule has 0 saturated carbocycles. The normalized spacial score (nSPS) is 18.2. The number of hydrogen-bond donors (Lipinski definition) is 0. The zero-order valence-electron chi connectivity index (χ0n) is 14.9. The fraction of sp³-hybridized carbons (Fsp3) is 0.250. The number of carbonyl (C=O) groups is 3. The largest absolute Gasteiger partial charge is 0.497 e. The molecule has 6 nitrogen and oxygen atoms in total. The van der Waals surface area contributed by atoms with Crippen molar-refractivity contribution in [3.63, 3.8) is 0 Å². The molecule has 27 heavy (non-hydrogen) atoms. The van der Waals surface area contributed by atoms with Gasteiger partial charge in [-0.2, -0.15) is 0 Å². The molecule has 7 heteroatoms. The van der Waals surface area contributed by atoms with Crippen LogP contribution >= 0.6 is 0 Å². The summed E-state index contributed by atoms with van der Waals surface area (Å²) in [6.07, 6.45) is 0.268. The molecule has 0 aromatic heterocycles. The predicted molar refractivity (Wildman–Crippen MR) is 93.6 cm³/mol. The van der Waals surface area contributed by atoms with Gasteiger partial charge in [-0.1, -0.05) is 18.2 Å². The van der Waals surface area contributed by atoms with E-state index in [-0.39, 0.29) is 24.1 Å². The first kappa shape index (κ1) is 18.6. The topological polar surface area (TPSA) is 72.9 Å². The van der Waals surface area contributed by atoms with E-state index in [1.54, 1.807) is 24.3 Å². The number of ether oxygens (including phenoxy) is 2. The highest BCUT2D eigenvalue weighted by Gasteiger charge is 2.55. The summed E-state index contributed by atoms with van der Waals surface area (Å²) >= 11 is 0. The van der Waals surface area contributed by atoms with E-state index >= 15 is 0 Å². The molecule has 1 aliphatic rings. The Morgan fingerprint density at radius 1 is 1.19 bits per heavy atom. The van der Waals surface area contributed by atoms with Gasteiger partial charge in [0.05, 0.1) is 14.2 Å². The summed E-state index contributed by atoms with van der Waals surface area (Å²) in [6.45, 7) is 0.0437. The molecule has 3 rings (SSSR count). The van der Waals surface area contributed by atoms with Crippen LogP contribution in [-0.2, 0) is 26.4 Å². The van der Waals surface area contributed by atoms with Gasteiger partial charge in [-0.25, -0.2) is 9.18 Å². The molecule has 0 saturated heterocycles. The van der Waals surface area contributed by atoms with E-state index in [4.69, 9.17) is 9.47 Å². The molecule has 1 heterocycles. The van der Waals surface area contributed by atoms with Gasteiger partial charge in [0.2, 0.25) is 0 Å². The van der Waals surface area contributed by atoms with Crippen LogP contribution in [0.3, 0.4) is 0 Å². The zero-order valence-corrected chi connectivity index (χ0v) is 14.9. The number of rotatable bonds is 6. The first-order valence-corrected chi connectivity index (χ1v) is 8.25. The minimum Gasteiger partial charge on any atom is -0.497 e. The monoisotopic (exact) mass is 371 g/mol. The molecular formula is C20H18FNO5. The van der Waals surface area contributed by atoms with E-state index < -0.39 is 23.2 Å². The first-order valence-electron chi connectivity index (χ1n) is 8.25. The Hall–Kier alpha value is -3.22. The van der Waals surface area contributed by atoms with Crippen LogP contribution in [0.5, 0.6) is 5.75 Å². The van der Waals surface area contributed by atoms with Crippen molar-refractivity contribution < 1.29 is 28.2 Å². The highest BCUT2D eigenvalue weighted by molar-refractivity contribution is 6.06. The number of benzene rings is 2.